The van der Waals surface area contributed by atoms with Gasteiger partial charge in [0.05, 0.1) is 5.75 Å². The van der Waals surface area contributed by atoms with E-state index in [9.17, 15) is 14.4 Å². The van der Waals surface area contributed by atoms with Crippen LogP contribution in [0.3, 0.4) is 0 Å². The normalized spacial score (nSPS) is 18.3. The first-order valence-electron chi connectivity index (χ1n) is 10.1. The smallest absolute Gasteiger partial charge is 0.322 e. The number of hydrogen-bond acceptors (Lipinski definition) is 7. The minimum absolute atomic E-state index is 0.0497. The molecule has 4 rings (SSSR count). The Kier molecular flexibility index (Phi) is 5.83. The molecular weight excluding hydrogens is 430 g/mol. The molecule has 10 nitrogen and oxygen atoms in total. The quantitative estimate of drug-likeness (QED) is 0.413. The van der Waals surface area contributed by atoms with E-state index in [0.717, 1.165) is 33.7 Å². The van der Waals surface area contributed by atoms with Crippen molar-refractivity contribution >= 4 is 35.4 Å². The summed E-state index contributed by atoms with van der Waals surface area (Å²) >= 11 is 1.15. The molecule has 4 amide bonds. The lowest BCUT2D eigenvalue weighted by Gasteiger charge is -2.21. The van der Waals surface area contributed by atoms with E-state index in [1.54, 1.807) is 11.3 Å². The van der Waals surface area contributed by atoms with Crippen molar-refractivity contribution in [3.05, 3.63) is 53.3 Å². The summed E-state index contributed by atoms with van der Waals surface area (Å²) in [7, 11) is 0. The lowest BCUT2D eigenvalue weighted by atomic mass is 9.93. The summed E-state index contributed by atoms with van der Waals surface area (Å²) in [5.41, 5.74) is 4.10. The van der Waals surface area contributed by atoms with E-state index < -0.39 is 23.4 Å². The van der Waals surface area contributed by atoms with Crippen LogP contribution in [0, 0.1) is 13.8 Å². The van der Waals surface area contributed by atoms with Gasteiger partial charge in [0, 0.05) is 11.4 Å². The second-order valence-corrected chi connectivity index (χ2v) is 8.81. The van der Waals surface area contributed by atoms with Crippen LogP contribution in [-0.2, 0) is 16.0 Å². The highest BCUT2D eigenvalue weighted by atomic mass is 32.2. The molecule has 1 saturated heterocycles. The third-order valence-electron chi connectivity index (χ3n) is 5.25. The molecule has 3 heterocycles. The van der Waals surface area contributed by atoms with Gasteiger partial charge in [0.25, 0.3) is 11.7 Å². The van der Waals surface area contributed by atoms with Crippen molar-refractivity contribution in [3.63, 3.8) is 0 Å². The maximum atomic E-state index is 12.9. The summed E-state index contributed by atoms with van der Waals surface area (Å²) in [6.07, 6.45) is 1.04. The van der Waals surface area contributed by atoms with Gasteiger partial charge in [-0.2, -0.15) is 5.01 Å². The first kappa shape index (κ1) is 21.8. The van der Waals surface area contributed by atoms with Crippen molar-refractivity contribution in [1.29, 1.82) is 0 Å². The molecule has 0 aliphatic carbocycles. The molecule has 2 N–H and O–H groups in total. The number of carbonyl (C=O) groups is 3. The molecule has 32 heavy (non-hydrogen) atoms. The first-order chi connectivity index (χ1) is 15.3. The Morgan fingerprint density at radius 1 is 1.19 bits per heavy atom. The number of thioether (sulfide) groups is 1. The number of aromatic nitrogens is 4. The zero-order valence-corrected chi connectivity index (χ0v) is 18.8. The van der Waals surface area contributed by atoms with Crippen molar-refractivity contribution in [2.24, 2.45) is 0 Å². The Morgan fingerprint density at radius 2 is 1.94 bits per heavy atom. The number of hydrazine groups is 1. The van der Waals surface area contributed by atoms with Crippen LogP contribution in [0.2, 0.25) is 0 Å². The minimum Gasteiger partial charge on any atom is -0.322 e. The van der Waals surface area contributed by atoms with E-state index in [2.05, 4.69) is 25.9 Å². The van der Waals surface area contributed by atoms with E-state index in [0.29, 0.717) is 23.8 Å². The van der Waals surface area contributed by atoms with E-state index in [4.69, 9.17) is 0 Å². The SMILES string of the molecule is Cc1cc(C)n2c(SCC(=O)NN3C(=O)N[C@@](C)(CCc4ccccc4)C3=O)nnc2n1. The number of carbonyl (C=O) groups excluding carboxylic acids is 3. The first-order valence-corrected chi connectivity index (χ1v) is 11.1. The van der Waals surface area contributed by atoms with Crippen molar-refractivity contribution in [2.75, 3.05) is 5.75 Å². The van der Waals surface area contributed by atoms with Crippen LogP contribution in [0.1, 0.15) is 30.3 Å². The fraction of sp³-hybridized carbons (Fsp3) is 0.333. The highest BCUT2D eigenvalue weighted by Crippen LogP contribution is 2.23. The third kappa shape index (κ3) is 4.28. The highest BCUT2D eigenvalue weighted by Gasteiger charge is 2.48. The lowest BCUT2D eigenvalue weighted by Crippen LogP contribution is -2.49. The molecule has 0 spiro atoms. The molecule has 166 valence electrons. The maximum absolute atomic E-state index is 12.9. The number of imide groups is 1. The second kappa shape index (κ2) is 8.58. The summed E-state index contributed by atoms with van der Waals surface area (Å²) in [5, 5.41) is 12.1. The topological polar surface area (TPSA) is 122 Å². The number of aryl methyl sites for hydroxylation is 3. The van der Waals surface area contributed by atoms with E-state index >= 15 is 0 Å². The molecule has 0 bridgehead atoms. The Morgan fingerprint density at radius 3 is 2.69 bits per heavy atom. The largest absolute Gasteiger partial charge is 0.344 e. The molecule has 0 unspecified atom stereocenters. The number of amides is 4. The van der Waals surface area contributed by atoms with Crippen LogP contribution in [-0.4, -0.2) is 53.7 Å². The van der Waals surface area contributed by atoms with Crippen LogP contribution < -0.4 is 10.7 Å². The summed E-state index contributed by atoms with van der Waals surface area (Å²) < 4.78 is 1.75. The third-order valence-corrected chi connectivity index (χ3v) is 6.18. The van der Waals surface area contributed by atoms with Gasteiger partial charge in [0.1, 0.15) is 5.54 Å². The second-order valence-electron chi connectivity index (χ2n) is 7.87. The summed E-state index contributed by atoms with van der Waals surface area (Å²) in [6, 6.07) is 11.0. The number of fused-ring (bicyclic) bond motifs is 1. The molecule has 0 radical (unpaired) electrons. The molecule has 1 atom stereocenters. The van der Waals surface area contributed by atoms with E-state index in [1.807, 2.05) is 50.2 Å². The predicted molar refractivity (Wildman–Crippen MR) is 118 cm³/mol. The number of hydrogen-bond donors (Lipinski definition) is 2. The predicted octanol–water partition coefficient (Wildman–Crippen LogP) is 1.81. The van der Waals surface area contributed by atoms with Crippen LogP contribution >= 0.6 is 11.8 Å². The van der Waals surface area contributed by atoms with Crippen molar-refractivity contribution in [3.8, 4) is 0 Å². The van der Waals surface area contributed by atoms with Crippen molar-refractivity contribution in [1.82, 2.24) is 35.3 Å². The Labute approximate surface area is 188 Å². The summed E-state index contributed by atoms with van der Waals surface area (Å²) in [5.74, 6) is -0.583. The summed E-state index contributed by atoms with van der Waals surface area (Å²) in [6.45, 7) is 5.43. The average Bonchev–Trinajstić information content (AvgIpc) is 3.26. The van der Waals surface area contributed by atoms with Gasteiger partial charge in [-0.1, -0.05) is 42.1 Å². The molecule has 1 fully saturated rings. The fourth-order valence-corrected chi connectivity index (χ4v) is 4.35. The van der Waals surface area contributed by atoms with E-state index in [-0.39, 0.29) is 5.75 Å². The van der Waals surface area contributed by atoms with Gasteiger partial charge >= 0.3 is 6.03 Å². The number of nitrogens with zero attached hydrogens (tertiary/aromatic N) is 5. The number of benzene rings is 1. The van der Waals surface area contributed by atoms with Crippen molar-refractivity contribution in [2.45, 2.75) is 44.3 Å². The fourth-order valence-electron chi connectivity index (χ4n) is 3.58. The van der Waals surface area contributed by atoms with Crippen molar-refractivity contribution < 1.29 is 14.4 Å². The number of urea groups is 1. The average molecular weight is 454 g/mol. The lowest BCUT2D eigenvalue weighted by molar-refractivity contribution is -0.138. The Balaban J connectivity index is 1.37. The molecule has 1 aliphatic rings. The molecule has 3 aromatic rings. The molecule has 11 heteroatoms. The van der Waals surface area contributed by atoms with Gasteiger partial charge in [0.15, 0.2) is 5.16 Å². The number of rotatable bonds is 7. The highest BCUT2D eigenvalue weighted by molar-refractivity contribution is 7.99. The maximum Gasteiger partial charge on any atom is 0.344 e. The van der Waals surface area contributed by atoms with Gasteiger partial charge in [0.2, 0.25) is 5.91 Å². The standard InChI is InChI=1S/C21H23N7O3S/c1-13-11-14(2)27-18(22-13)24-25-20(27)32-12-16(29)26-28-17(30)21(3,23-19(28)31)10-9-15-7-5-4-6-8-15/h4-8,11H,9-10,12H2,1-3H3,(H,23,31)(H,26,29)/t21-/m0/s1. The molecule has 2 aromatic heterocycles. The van der Waals surface area contributed by atoms with Gasteiger partial charge in [-0.25, -0.2) is 9.78 Å². The zero-order chi connectivity index (χ0) is 22.9. The van der Waals surface area contributed by atoms with Gasteiger partial charge in [-0.05, 0) is 45.2 Å². The Hall–Kier alpha value is -3.47. The molecule has 1 aromatic carbocycles. The minimum atomic E-state index is -1.09. The molecular formula is C21H23N7O3S. The number of nitrogens with one attached hydrogen (secondary N) is 2. The van der Waals surface area contributed by atoms with E-state index in [1.165, 1.54) is 0 Å². The summed E-state index contributed by atoms with van der Waals surface area (Å²) in [4.78, 5) is 42.0. The van der Waals surface area contributed by atoms with Gasteiger partial charge in [-0.3, -0.25) is 19.4 Å². The monoisotopic (exact) mass is 453 g/mol. The molecule has 1 aliphatic heterocycles. The Bertz CT molecular complexity index is 1200. The van der Waals surface area contributed by atoms with Gasteiger partial charge < -0.3 is 5.32 Å². The van der Waals surface area contributed by atoms with Crippen LogP contribution in [0.15, 0.2) is 41.6 Å². The van der Waals surface area contributed by atoms with Crippen LogP contribution in [0.25, 0.3) is 5.78 Å². The van der Waals surface area contributed by atoms with Gasteiger partial charge in [-0.15, -0.1) is 10.2 Å². The van der Waals surface area contributed by atoms with Crippen LogP contribution in [0.5, 0.6) is 0 Å². The van der Waals surface area contributed by atoms with Crippen LogP contribution in [0.4, 0.5) is 4.79 Å². The molecule has 0 saturated carbocycles. The zero-order valence-electron chi connectivity index (χ0n) is 18.0.